The Morgan fingerprint density at radius 3 is 2.21 bits per heavy atom. The summed E-state index contributed by atoms with van der Waals surface area (Å²) in [4.78, 5) is 5.02. The van der Waals surface area contributed by atoms with Crippen LogP contribution in [0.1, 0.15) is 18.1 Å². The van der Waals surface area contributed by atoms with Crippen LogP contribution in [-0.2, 0) is 6.42 Å². The van der Waals surface area contributed by atoms with Crippen molar-refractivity contribution in [3.8, 4) is 0 Å². The molecule has 0 amide bonds. The van der Waals surface area contributed by atoms with E-state index in [0.717, 1.165) is 6.42 Å². The molecule has 0 atom stereocenters. The monoisotopic (exact) mass is 327 g/mol. The highest BCUT2D eigenvalue weighted by Gasteiger charge is 2.24. The molecule has 1 nitrogen and oxygen atoms in total. The van der Waals surface area contributed by atoms with Crippen LogP contribution in [-0.4, -0.2) is 0 Å². The van der Waals surface area contributed by atoms with Crippen LogP contribution in [0.3, 0.4) is 0 Å². The largest absolute Gasteiger partial charge is 0.308 e. The van der Waals surface area contributed by atoms with E-state index >= 15 is 0 Å². The van der Waals surface area contributed by atoms with Crippen molar-refractivity contribution < 1.29 is 0 Å². The number of benzene rings is 3. The maximum Gasteiger partial charge on any atom is 0.0601 e. The van der Waals surface area contributed by atoms with E-state index in [-0.39, 0.29) is 0 Å². The second-order valence-corrected chi connectivity index (χ2v) is 7.51. The molecule has 2 aliphatic rings. The molecule has 1 heterocycles. The standard InChI is InChI=1S/C22H17NS/c1-15-12-16-10-11-18(14-17(16)13-15)23-19-6-2-4-8-21(19)24-22-9-5-3-7-20(22)23/h2-12,14H,13H2,1H3. The van der Waals surface area contributed by atoms with Gasteiger partial charge in [-0.3, -0.25) is 0 Å². The third kappa shape index (κ3) is 2.10. The Balaban J connectivity index is 1.70. The molecule has 3 aromatic carbocycles. The van der Waals surface area contributed by atoms with Gasteiger partial charge in [-0.25, -0.2) is 0 Å². The Hall–Kier alpha value is -2.45. The zero-order chi connectivity index (χ0) is 16.1. The maximum atomic E-state index is 2.40. The van der Waals surface area contributed by atoms with Gasteiger partial charge in [-0.15, -0.1) is 0 Å². The summed E-state index contributed by atoms with van der Waals surface area (Å²) in [5, 5.41) is 0. The number of hydrogen-bond acceptors (Lipinski definition) is 2. The average molecular weight is 327 g/mol. The van der Waals surface area contributed by atoms with Crippen molar-refractivity contribution in [2.24, 2.45) is 0 Å². The Labute approximate surface area is 146 Å². The number of hydrogen-bond donors (Lipinski definition) is 0. The number of nitrogens with zero attached hydrogens (tertiary/aromatic N) is 1. The van der Waals surface area contributed by atoms with E-state index in [1.165, 1.54) is 43.6 Å². The lowest BCUT2D eigenvalue weighted by molar-refractivity contribution is 1.15. The minimum absolute atomic E-state index is 1.06. The van der Waals surface area contributed by atoms with E-state index < -0.39 is 0 Å². The lowest BCUT2D eigenvalue weighted by atomic mass is 10.1. The fraction of sp³-hybridized carbons (Fsp3) is 0.0909. The second-order valence-electron chi connectivity index (χ2n) is 6.42. The number of fused-ring (bicyclic) bond motifs is 3. The van der Waals surface area contributed by atoms with Gasteiger partial charge in [0.05, 0.1) is 11.4 Å². The van der Waals surface area contributed by atoms with Gasteiger partial charge in [-0.2, -0.15) is 0 Å². The Morgan fingerprint density at radius 2 is 1.50 bits per heavy atom. The van der Waals surface area contributed by atoms with Gasteiger partial charge in [0.2, 0.25) is 0 Å². The van der Waals surface area contributed by atoms with Crippen LogP contribution in [0.25, 0.3) is 6.08 Å². The molecule has 1 aliphatic heterocycles. The molecular weight excluding hydrogens is 310 g/mol. The van der Waals surface area contributed by atoms with Crippen molar-refractivity contribution in [2.45, 2.75) is 23.1 Å². The molecule has 0 bridgehead atoms. The first-order valence-electron chi connectivity index (χ1n) is 8.26. The minimum atomic E-state index is 1.06. The van der Waals surface area contributed by atoms with E-state index in [1.54, 1.807) is 0 Å². The molecule has 2 heteroatoms. The van der Waals surface area contributed by atoms with E-state index in [1.807, 2.05) is 11.8 Å². The van der Waals surface area contributed by atoms with Gasteiger partial charge in [0.1, 0.15) is 0 Å². The summed E-state index contributed by atoms with van der Waals surface area (Å²) in [7, 11) is 0. The van der Waals surface area contributed by atoms with Gasteiger partial charge in [-0.05, 0) is 60.9 Å². The van der Waals surface area contributed by atoms with Crippen LogP contribution < -0.4 is 4.90 Å². The molecule has 0 saturated carbocycles. The van der Waals surface area contributed by atoms with Gasteiger partial charge >= 0.3 is 0 Å². The molecule has 5 rings (SSSR count). The SMILES string of the molecule is CC1=Cc2ccc(N3c4ccccc4Sc4ccccc43)cc2C1. The van der Waals surface area contributed by atoms with E-state index in [4.69, 9.17) is 0 Å². The molecular formula is C22H17NS. The highest BCUT2D eigenvalue weighted by Crippen LogP contribution is 2.51. The lowest BCUT2D eigenvalue weighted by Crippen LogP contribution is -2.14. The first-order valence-corrected chi connectivity index (χ1v) is 9.07. The topological polar surface area (TPSA) is 3.24 Å². The van der Waals surface area contributed by atoms with Crippen LogP contribution in [0.15, 0.2) is 82.1 Å². The number of para-hydroxylation sites is 2. The first kappa shape index (κ1) is 13.9. The molecule has 24 heavy (non-hydrogen) atoms. The minimum Gasteiger partial charge on any atom is -0.308 e. The molecule has 0 radical (unpaired) electrons. The van der Waals surface area contributed by atoms with Gasteiger partial charge in [0.25, 0.3) is 0 Å². The molecule has 0 saturated heterocycles. The van der Waals surface area contributed by atoms with Crippen molar-refractivity contribution in [1.82, 2.24) is 0 Å². The molecule has 0 N–H and O–H groups in total. The van der Waals surface area contributed by atoms with Crippen molar-refractivity contribution in [3.63, 3.8) is 0 Å². The molecule has 0 aromatic heterocycles. The van der Waals surface area contributed by atoms with Crippen molar-refractivity contribution in [2.75, 3.05) is 4.90 Å². The summed E-state index contributed by atoms with van der Waals surface area (Å²) in [6.45, 7) is 2.21. The van der Waals surface area contributed by atoms with Gasteiger partial charge in [-0.1, -0.05) is 53.7 Å². The van der Waals surface area contributed by atoms with Gasteiger partial charge in [0, 0.05) is 15.5 Å². The van der Waals surface area contributed by atoms with Crippen LogP contribution in [0, 0.1) is 0 Å². The van der Waals surface area contributed by atoms with Crippen LogP contribution >= 0.6 is 11.8 Å². The third-order valence-electron chi connectivity index (χ3n) is 4.69. The van der Waals surface area contributed by atoms with E-state index in [9.17, 15) is 0 Å². The quantitative estimate of drug-likeness (QED) is 0.388. The average Bonchev–Trinajstić information content (AvgIpc) is 2.98. The molecule has 0 spiro atoms. The molecule has 0 fully saturated rings. The summed E-state index contributed by atoms with van der Waals surface area (Å²) in [6.07, 6.45) is 3.36. The molecule has 1 aliphatic carbocycles. The summed E-state index contributed by atoms with van der Waals surface area (Å²) in [6, 6.07) is 24.2. The van der Waals surface area contributed by atoms with Gasteiger partial charge in [0.15, 0.2) is 0 Å². The van der Waals surface area contributed by atoms with Crippen molar-refractivity contribution in [3.05, 3.63) is 83.4 Å². The van der Waals surface area contributed by atoms with Crippen LogP contribution in [0.2, 0.25) is 0 Å². The predicted molar refractivity (Wildman–Crippen MR) is 103 cm³/mol. The van der Waals surface area contributed by atoms with Crippen LogP contribution in [0.5, 0.6) is 0 Å². The van der Waals surface area contributed by atoms with E-state index in [2.05, 4.69) is 84.6 Å². The third-order valence-corrected chi connectivity index (χ3v) is 5.82. The zero-order valence-corrected chi connectivity index (χ0v) is 14.3. The molecule has 3 aromatic rings. The zero-order valence-electron chi connectivity index (χ0n) is 13.5. The summed E-state index contributed by atoms with van der Waals surface area (Å²) < 4.78 is 0. The summed E-state index contributed by atoms with van der Waals surface area (Å²) in [5.41, 5.74) is 8.02. The number of allylic oxidation sites excluding steroid dienone is 1. The van der Waals surface area contributed by atoms with Crippen molar-refractivity contribution in [1.29, 1.82) is 0 Å². The van der Waals surface area contributed by atoms with E-state index in [0.29, 0.717) is 0 Å². The normalized spacial score (nSPS) is 14.7. The smallest absolute Gasteiger partial charge is 0.0601 e. The maximum absolute atomic E-state index is 2.40. The van der Waals surface area contributed by atoms with Crippen LogP contribution in [0.4, 0.5) is 17.1 Å². The fourth-order valence-electron chi connectivity index (χ4n) is 3.62. The summed E-state index contributed by atoms with van der Waals surface area (Å²) in [5.74, 6) is 0. The summed E-state index contributed by atoms with van der Waals surface area (Å²) >= 11 is 1.85. The number of rotatable bonds is 1. The predicted octanol–water partition coefficient (Wildman–Crippen LogP) is 6.58. The highest BCUT2D eigenvalue weighted by atomic mass is 32.2. The Bertz CT molecular complexity index is 941. The van der Waals surface area contributed by atoms with Gasteiger partial charge < -0.3 is 4.90 Å². The second kappa shape index (κ2) is 5.29. The van der Waals surface area contributed by atoms with Crippen molar-refractivity contribution >= 4 is 34.9 Å². The first-order chi connectivity index (χ1) is 11.8. The Kier molecular flexibility index (Phi) is 3.07. The molecule has 0 unspecified atom stereocenters. The molecule has 116 valence electrons. The lowest BCUT2D eigenvalue weighted by Gasteiger charge is -2.33. The highest BCUT2D eigenvalue weighted by molar-refractivity contribution is 7.99. The fourth-order valence-corrected chi connectivity index (χ4v) is 4.68. The number of anilines is 3. The Morgan fingerprint density at radius 1 is 0.833 bits per heavy atom.